The minimum Gasteiger partial charge on any atom is -0.468 e. The molecule has 8 nitrogen and oxygen atoms in total. The van der Waals surface area contributed by atoms with E-state index < -0.39 is 30.7 Å². The van der Waals surface area contributed by atoms with Crippen LogP contribution in [-0.2, 0) is 17.5 Å². The van der Waals surface area contributed by atoms with Gasteiger partial charge in [-0.05, 0) is 13.0 Å². The molecule has 1 amide bonds. The molecule has 0 spiro atoms. The SMILES string of the molecule is CCn1nc(C(F)(F)F)cc1C1CN(c2cc(OCC(F)(F)F)ncn2)CCN1C=O. The third-order valence-electron chi connectivity index (χ3n) is 4.63. The van der Waals surface area contributed by atoms with Gasteiger partial charge in [0.2, 0.25) is 12.3 Å². The molecule has 2 aromatic rings. The van der Waals surface area contributed by atoms with Crippen molar-refractivity contribution < 1.29 is 35.9 Å². The van der Waals surface area contributed by atoms with E-state index in [1.165, 1.54) is 15.6 Å². The summed E-state index contributed by atoms with van der Waals surface area (Å²) >= 11 is 0. The Kier molecular flexibility index (Phi) is 6.27. The molecule has 1 atom stereocenters. The van der Waals surface area contributed by atoms with Crippen LogP contribution in [0, 0.1) is 0 Å². The minimum absolute atomic E-state index is 0.0530. The molecule has 0 aliphatic carbocycles. The third-order valence-corrected chi connectivity index (χ3v) is 4.63. The van der Waals surface area contributed by atoms with Crippen molar-refractivity contribution in [1.29, 1.82) is 0 Å². The number of rotatable bonds is 6. The van der Waals surface area contributed by atoms with E-state index in [0.29, 0.717) is 6.41 Å². The van der Waals surface area contributed by atoms with Gasteiger partial charge in [0.25, 0.3) is 0 Å². The van der Waals surface area contributed by atoms with Crippen molar-refractivity contribution in [3.05, 3.63) is 29.8 Å². The maximum Gasteiger partial charge on any atom is 0.435 e. The van der Waals surface area contributed by atoms with Gasteiger partial charge in [0.05, 0.1) is 11.7 Å². The molecule has 14 heteroatoms. The summed E-state index contributed by atoms with van der Waals surface area (Å²) in [6, 6.07) is 1.33. The van der Waals surface area contributed by atoms with Gasteiger partial charge in [-0.25, -0.2) is 9.97 Å². The molecule has 31 heavy (non-hydrogen) atoms. The zero-order valence-electron chi connectivity index (χ0n) is 16.2. The Morgan fingerprint density at radius 2 is 1.90 bits per heavy atom. The number of aryl methyl sites for hydroxylation is 1. The largest absolute Gasteiger partial charge is 0.468 e. The van der Waals surface area contributed by atoms with E-state index in [1.807, 2.05) is 0 Å². The summed E-state index contributed by atoms with van der Waals surface area (Å²) in [5, 5.41) is 3.58. The second kappa shape index (κ2) is 8.59. The van der Waals surface area contributed by atoms with E-state index in [0.717, 1.165) is 12.4 Å². The zero-order valence-corrected chi connectivity index (χ0v) is 16.2. The number of ether oxygens (including phenoxy) is 1. The molecule has 1 saturated heterocycles. The van der Waals surface area contributed by atoms with Crippen molar-refractivity contribution >= 4 is 12.2 Å². The first kappa shape index (κ1) is 22.6. The number of halogens is 6. The quantitative estimate of drug-likeness (QED) is 0.496. The molecular formula is C17H18F6N6O2. The van der Waals surface area contributed by atoms with Gasteiger partial charge in [-0.1, -0.05) is 0 Å². The van der Waals surface area contributed by atoms with E-state index in [4.69, 9.17) is 0 Å². The van der Waals surface area contributed by atoms with E-state index in [1.54, 1.807) is 11.8 Å². The van der Waals surface area contributed by atoms with Gasteiger partial charge in [0, 0.05) is 32.2 Å². The Balaban J connectivity index is 1.86. The fourth-order valence-electron chi connectivity index (χ4n) is 3.22. The van der Waals surface area contributed by atoms with Gasteiger partial charge >= 0.3 is 12.4 Å². The summed E-state index contributed by atoms with van der Waals surface area (Å²) in [5.41, 5.74) is -0.883. The Morgan fingerprint density at radius 1 is 1.16 bits per heavy atom. The monoisotopic (exact) mass is 452 g/mol. The molecule has 0 radical (unpaired) electrons. The number of piperazine rings is 1. The van der Waals surface area contributed by atoms with Gasteiger partial charge in [-0.3, -0.25) is 9.48 Å². The number of hydrogen-bond acceptors (Lipinski definition) is 6. The van der Waals surface area contributed by atoms with E-state index in [-0.39, 0.29) is 43.6 Å². The molecular weight excluding hydrogens is 434 g/mol. The van der Waals surface area contributed by atoms with Crippen LogP contribution < -0.4 is 9.64 Å². The Morgan fingerprint density at radius 3 is 2.52 bits per heavy atom. The van der Waals surface area contributed by atoms with Gasteiger partial charge in [0.1, 0.15) is 12.1 Å². The molecule has 1 fully saturated rings. The lowest BCUT2D eigenvalue weighted by atomic mass is 10.1. The highest BCUT2D eigenvalue weighted by Crippen LogP contribution is 2.33. The van der Waals surface area contributed by atoms with Crippen LogP contribution in [0.3, 0.4) is 0 Å². The van der Waals surface area contributed by atoms with Crippen molar-refractivity contribution in [1.82, 2.24) is 24.6 Å². The van der Waals surface area contributed by atoms with Crippen LogP contribution in [0.4, 0.5) is 32.2 Å². The normalized spacial score (nSPS) is 17.7. The molecule has 0 N–H and O–H groups in total. The molecule has 170 valence electrons. The first-order chi connectivity index (χ1) is 14.5. The number of carbonyl (C=O) groups is 1. The maximum absolute atomic E-state index is 13.1. The average Bonchev–Trinajstić information content (AvgIpc) is 3.16. The summed E-state index contributed by atoms with van der Waals surface area (Å²) in [5.74, 6) is -0.0732. The lowest BCUT2D eigenvalue weighted by Crippen LogP contribution is -2.48. The number of carbonyl (C=O) groups excluding carboxylic acids is 1. The maximum atomic E-state index is 13.1. The van der Waals surface area contributed by atoms with Crippen LogP contribution in [0.5, 0.6) is 5.88 Å². The highest BCUT2D eigenvalue weighted by molar-refractivity contribution is 5.51. The van der Waals surface area contributed by atoms with E-state index >= 15 is 0 Å². The van der Waals surface area contributed by atoms with Crippen LogP contribution in [0.15, 0.2) is 18.5 Å². The lowest BCUT2D eigenvalue weighted by molar-refractivity contribution is -0.154. The van der Waals surface area contributed by atoms with Gasteiger partial charge < -0.3 is 14.5 Å². The fraction of sp³-hybridized carbons (Fsp3) is 0.529. The van der Waals surface area contributed by atoms with Gasteiger partial charge in [-0.2, -0.15) is 31.4 Å². The molecule has 1 aliphatic rings. The number of aromatic nitrogens is 4. The van der Waals surface area contributed by atoms with Crippen LogP contribution in [0.25, 0.3) is 0 Å². The van der Waals surface area contributed by atoms with E-state index in [2.05, 4.69) is 19.8 Å². The smallest absolute Gasteiger partial charge is 0.435 e. The summed E-state index contributed by atoms with van der Waals surface area (Å²) < 4.78 is 82.3. The lowest BCUT2D eigenvalue weighted by Gasteiger charge is -2.40. The number of alkyl halides is 6. The molecule has 1 aliphatic heterocycles. The molecule has 0 aromatic carbocycles. The minimum atomic E-state index is -4.65. The summed E-state index contributed by atoms with van der Waals surface area (Å²) in [6.07, 6.45) is -7.62. The second-order valence-corrected chi connectivity index (χ2v) is 6.69. The highest BCUT2D eigenvalue weighted by Gasteiger charge is 2.38. The number of anilines is 1. The van der Waals surface area contributed by atoms with Crippen LogP contribution in [-0.4, -0.2) is 63.5 Å². The summed E-state index contributed by atoms with van der Waals surface area (Å²) in [4.78, 5) is 22.2. The fourth-order valence-corrected chi connectivity index (χ4v) is 3.22. The van der Waals surface area contributed by atoms with Crippen molar-refractivity contribution in [3.8, 4) is 5.88 Å². The summed E-state index contributed by atoms with van der Waals surface area (Å²) in [7, 11) is 0. The predicted octanol–water partition coefficient (Wildman–Crippen LogP) is 2.67. The third kappa shape index (κ3) is 5.35. The second-order valence-electron chi connectivity index (χ2n) is 6.69. The van der Waals surface area contributed by atoms with Gasteiger partial charge in [-0.15, -0.1) is 0 Å². The summed E-state index contributed by atoms with van der Waals surface area (Å²) in [6.45, 7) is 0.720. The molecule has 0 bridgehead atoms. The van der Waals surface area contributed by atoms with Crippen molar-refractivity contribution in [2.24, 2.45) is 0 Å². The van der Waals surface area contributed by atoms with Crippen molar-refractivity contribution in [2.45, 2.75) is 31.9 Å². The standard InChI is InChI=1S/C17H18F6N6O2/c1-2-29-11(5-13(26-29)17(21,22)23)12-7-27(3-4-28(12)10-30)14-6-15(25-9-24-14)31-8-16(18,19)20/h5-6,9-10,12H,2-4,7-8H2,1H3. The van der Waals surface area contributed by atoms with Crippen LogP contribution >= 0.6 is 0 Å². The topological polar surface area (TPSA) is 76.4 Å². The van der Waals surface area contributed by atoms with Crippen LogP contribution in [0.2, 0.25) is 0 Å². The molecule has 3 rings (SSSR count). The van der Waals surface area contributed by atoms with Crippen molar-refractivity contribution in [2.75, 3.05) is 31.1 Å². The number of nitrogens with zero attached hydrogens (tertiary/aromatic N) is 6. The molecule has 2 aromatic heterocycles. The Bertz CT molecular complexity index is 915. The Hall–Kier alpha value is -3.06. The van der Waals surface area contributed by atoms with Crippen molar-refractivity contribution in [3.63, 3.8) is 0 Å². The number of amides is 1. The van der Waals surface area contributed by atoms with Gasteiger partial charge in [0.15, 0.2) is 12.3 Å². The van der Waals surface area contributed by atoms with E-state index in [9.17, 15) is 31.1 Å². The average molecular weight is 452 g/mol. The first-order valence-corrected chi connectivity index (χ1v) is 9.14. The molecule has 3 heterocycles. The Labute approximate surface area is 172 Å². The molecule has 0 saturated carbocycles. The number of hydrogen-bond donors (Lipinski definition) is 0. The predicted molar refractivity (Wildman–Crippen MR) is 94.2 cm³/mol. The van der Waals surface area contributed by atoms with Crippen LogP contribution in [0.1, 0.15) is 24.4 Å². The first-order valence-electron chi connectivity index (χ1n) is 9.14. The molecule has 1 unspecified atom stereocenters. The highest BCUT2D eigenvalue weighted by atomic mass is 19.4. The zero-order chi connectivity index (χ0) is 22.8.